The van der Waals surface area contributed by atoms with Crippen molar-refractivity contribution in [1.29, 1.82) is 0 Å². The van der Waals surface area contributed by atoms with Crippen LogP contribution in [-0.2, 0) is 0 Å². The number of aromatic nitrogens is 2. The lowest BCUT2D eigenvalue weighted by atomic mass is 10.1. The van der Waals surface area contributed by atoms with Gasteiger partial charge in [-0.25, -0.2) is 9.18 Å². The predicted molar refractivity (Wildman–Crippen MR) is 116 cm³/mol. The van der Waals surface area contributed by atoms with E-state index in [9.17, 15) is 23.9 Å². The molecule has 0 saturated heterocycles. The van der Waals surface area contributed by atoms with Gasteiger partial charge in [-0.15, -0.1) is 27.8 Å². The van der Waals surface area contributed by atoms with E-state index in [2.05, 4.69) is 15.7 Å². The molecule has 158 valence electrons. The molecule has 8 nitrogen and oxygen atoms in total. The van der Waals surface area contributed by atoms with Crippen molar-refractivity contribution in [3.05, 3.63) is 69.0 Å². The quantitative estimate of drug-likeness (QED) is 0.406. The first kappa shape index (κ1) is 20.7. The largest absolute Gasteiger partial charge is 0.463 e. The number of hydrogen-bond acceptors (Lipinski definition) is 6. The van der Waals surface area contributed by atoms with Crippen LogP contribution in [0.3, 0.4) is 0 Å². The van der Waals surface area contributed by atoms with E-state index < -0.39 is 23.9 Å². The Morgan fingerprint density at radius 3 is 2.52 bits per heavy atom. The highest BCUT2D eigenvalue weighted by molar-refractivity contribution is 7.20. The van der Waals surface area contributed by atoms with Crippen LogP contribution in [0.5, 0.6) is 0 Å². The van der Waals surface area contributed by atoms with Gasteiger partial charge in [0.25, 0.3) is 11.8 Å². The zero-order chi connectivity index (χ0) is 22.1. The number of carbonyl (C=O) groups excluding carboxylic acids is 2. The summed E-state index contributed by atoms with van der Waals surface area (Å²) in [7, 11) is 0. The highest BCUT2D eigenvalue weighted by atomic mass is 32.1. The summed E-state index contributed by atoms with van der Waals surface area (Å²) < 4.78 is 13.8. The Labute approximate surface area is 182 Å². The lowest BCUT2D eigenvalue weighted by Gasteiger charge is -2.13. The summed E-state index contributed by atoms with van der Waals surface area (Å²) in [5.74, 6) is -1.17. The Bertz CT molecular complexity index is 1280. The minimum Gasteiger partial charge on any atom is -0.463 e. The number of nitrogens with one attached hydrogen (secondary N) is 2. The first-order valence-electron chi connectivity index (χ1n) is 9.00. The van der Waals surface area contributed by atoms with E-state index in [0.717, 1.165) is 21.6 Å². The summed E-state index contributed by atoms with van der Waals surface area (Å²) >= 11 is 2.18. The van der Waals surface area contributed by atoms with Gasteiger partial charge in [0, 0.05) is 0 Å². The molecule has 2 amide bonds. The second-order valence-corrected chi connectivity index (χ2v) is 8.53. The van der Waals surface area contributed by atoms with Gasteiger partial charge in [0.15, 0.2) is 5.82 Å². The number of rotatable bonds is 5. The third-order valence-corrected chi connectivity index (χ3v) is 6.44. The molecular formula is C20H15FN4O4S2. The second-order valence-electron chi connectivity index (χ2n) is 6.55. The van der Waals surface area contributed by atoms with Crippen LogP contribution < -0.4 is 10.6 Å². The van der Waals surface area contributed by atoms with Gasteiger partial charge in [0.05, 0.1) is 21.2 Å². The average molecular weight is 458 g/mol. The van der Waals surface area contributed by atoms with Crippen LogP contribution in [0.1, 0.15) is 37.9 Å². The number of anilines is 1. The van der Waals surface area contributed by atoms with E-state index >= 15 is 0 Å². The van der Waals surface area contributed by atoms with Crippen LogP contribution in [0, 0.1) is 5.82 Å². The number of benzene rings is 1. The van der Waals surface area contributed by atoms with Crippen molar-refractivity contribution in [3.63, 3.8) is 0 Å². The summed E-state index contributed by atoms with van der Waals surface area (Å²) in [6, 6.07) is 10.2. The highest BCUT2D eigenvalue weighted by Crippen LogP contribution is 2.32. The van der Waals surface area contributed by atoms with Crippen molar-refractivity contribution < 1.29 is 23.9 Å². The number of halogens is 1. The van der Waals surface area contributed by atoms with Crippen molar-refractivity contribution >= 4 is 56.6 Å². The fourth-order valence-electron chi connectivity index (χ4n) is 2.92. The normalized spacial score (nSPS) is 11.9. The molecule has 0 fully saturated rings. The molecule has 0 bridgehead atoms. The van der Waals surface area contributed by atoms with E-state index in [1.165, 1.54) is 29.5 Å². The predicted octanol–water partition coefficient (Wildman–Crippen LogP) is 4.57. The van der Waals surface area contributed by atoms with Crippen molar-refractivity contribution in [1.82, 2.24) is 15.1 Å². The van der Waals surface area contributed by atoms with Crippen LogP contribution >= 0.6 is 22.7 Å². The van der Waals surface area contributed by atoms with E-state index in [1.807, 2.05) is 0 Å². The van der Waals surface area contributed by atoms with Gasteiger partial charge in [0.1, 0.15) is 10.6 Å². The first-order valence-corrected chi connectivity index (χ1v) is 10.7. The van der Waals surface area contributed by atoms with Crippen LogP contribution in [0.25, 0.3) is 10.2 Å². The van der Waals surface area contributed by atoms with Gasteiger partial charge in [0.2, 0.25) is 0 Å². The van der Waals surface area contributed by atoms with Crippen molar-refractivity contribution in [2.24, 2.45) is 0 Å². The standard InChI is InChI=1S/C20H15FN4O4S2/c1-10(11-4-6-12(21)7-5-11)22-18(27)15-9-13-16(23-17(26)14-3-2-8-30-14)24-25(20(28)29)19(13)31-15/h2-10H,1H3,(H,22,27)(H,28,29)(H,23,24,26). The minimum atomic E-state index is -1.34. The summed E-state index contributed by atoms with van der Waals surface area (Å²) in [5.41, 5.74) is 0.719. The van der Waals surface area contributed by atoms with Crippen molar-refractivity contribution in [2.45, 2.75) is 13.0 Å². The Morgan fingerprint density at radius 1 is 1.13 bits per heavy atom. The van der Waals surface area contributed by atoms with Crippen LogP contribution in [0.2, 0.25) is 0 Å². The smallest absolute Gasteiger partial charge is 0.433 e. The maximum absolute atomic E-state index is 13.1. The monoisotopic (exact) mass is 458 g/mol. The molecule has 3 aromatic heterocycles. The minimum absolute atomic E-state index is 0.0534. The van der Waals surface area contributed by atoms with E-state index in [0.29, 0.717) is 10.3 Å². The van der Waals surface area contributed by atoms with Gasteiger partial charge in [-0.2, -0.15) is 4.68 Å². The molecule has 1 unspecified atom stereocenters. The molecule has 0 aliphatic carbocycles. The van der Waals surface area contributed by atoms with Gasteiger partial charge < -0.3 is 15.7 Å². The summed E-state index contributed by atoms with van der Waals surface area (Å²) in [6.45, 7) is 1.75. The number of carbonyl (C=O) groups is 3. The van der Waals surface area contributed by atoms with E-state index in [4.69, 9.17) is 0 Å². The Hall–Kier alpha value is -3.57. The molecule has 0 radical (unpaired) electrons. The molecule has 31 heavy (non-hydrogen) atoms. The Balaban J connectivity index is 1.61. The summed E-state index contributed by atoms with van der Waals surface area (Å²) in [5, 5.41) is 20.9. The van der Waals surface area contributed by atoms with Crippen molar-refractivity contribution in [3.8, 4) is 0 Å². The first-order chi connectivity index (χ1) is 14.8. The second kappa shape index (κ2) is 8.28. The molecule has 3 heterocycles. The molecule has 0 spiro atoms. The maximum Gasteiger partial charge on any atom is 0.433 e. The van der Waals surface area contributed by atoms with Crippen molar-refractivity contribution in [2.75, 3.05) is 5.32 Å². The SMILES string of the molecule is CC(NC(=O)c1cc2c(NC(=O)c3cccs3)nn(C(=O)O)c2s1)c1ccc(F)cc1. The number of nitrogens with zero attached hydrogens (tertiary/aromatic N) is 2. The Morgan fingerprint density at radius 2 is 1.87 bits per heavy atom. The molecule has 0 aliphatic rings. The molecule has 0 aliphatic heterocycles. The molecule has 4 rings (SSSR count). The molecule has 3 N–H and O–H groups in total. The van der Waals surface area contributed by atoms with Crippen LogP contribution in [0.15, 0.2) is 47.8 Å². The molecule has 1 atom stereocenters. The van der Waals surface area contributed by atoms with Gasteiger partial charge in [-0.1, -0.05) is 18.2 Å². The topological polar surface area (TPSA) is 113 Å². The number of thiophene rings is 2. The summed E-state index contributed by atoms with van der Waals surface area (Å²) in [4.78, 5) is 37.6. The van der Waals surface area contributed by atoms with E-state index in [1.54, 1.807) is 36.6 Å². The van der Waals surface area contributed by atoms with Crippen LogP contribution in [0.4, 0.5) is 15.0 Å². The third kappa shape index (κ3) is 4.18. The van der Waals surface area contributed by atoms with Gasteiger partial charge >= 0.3 is 6.09 Å². The lowest BCUT2D eigenvalue weighted by molar-refractivity contribution is 0.0943. The van der Waals surface area contributed by atoms with E-state index in [-0.39, 0.29) is 21.3 Å². The summed E-state index contributed by atoms with van der Waals surface area (Å²) in [6.07, 6.45) is -1.34. The fourth-order valence-corrected chi connectivity index (χ4v) is 4.55. The third-order valence-electron chi connectivity index (χ3n) is 4.46. The molecule has 4 aromatic rings. The molecule has 0 saturated carbocycles. The highest BCUT2D eigenvalue weighted by Gasteiger charge is 2.23. The Kier molecular flexibility index (Phi) is 5.53. The number of amides is 2. The van der Waals surface area contributed by atoms with Crippen LogP contribution in [-0.4, -0.2) is 32.8 Å². The number of fused-ring (bicyclic) bond motifs is 1. The molecular weight excluding hydrogens is 443 g/mol. The number of hydrogen-bond donors (Lipinski definition) is 3. The maximum atomic E-state index is 13.1. The number of carboxylic acid groups (broad SMARTS) is 1. The average Bonchev–Trinajstić information content (AvgIpc) is 3.46. The molecule has 1 aromatic carbocycles. The lowest BCUT2D eigenvalue weighted by Crippen LogP contribution is -2.25. The fraction of sp³-hybridized carbons (Fsp3) is 0.100. The molecule has 11 heteroatoms. The zero-order valence-corrected chi connectivity index (χ0v) is 17.6. The van der Waals surface area contributed by atoms with Gasteiger partial charge in [-0.05, 0) is 42.1 Å². The zero-order valence-electron chi connectivity index (χ0n) is 16.0. The van der Waals surface area contributed by atoms with Gasteiger partial charge in [-0.3, -0.25) is 9.59 Å².